The number of hydrogen-bond donors (Lipinski definition) is 2. The second-order valence-corrected chi connectivity index (χ2v) is 12.7. The van der Waals surface area contributed by atoms with E-state index in [0.717, 1.165) is 28.1 Å². The van der Waals surface area contributed by atoms with Crippen LogP contribution in [0.25, 0.3) is 0 Å². The minimum absolute atomic E-state index is 0.0122. The number of hydrogen-bond acceptors (Lipinski definition) is 6. The van der Waals surface area contributed by atoms with Crippen molar-refractivity contribution in [1.29, 1.82) is 0 Å². The quantitative estimate of drug-likeness (QED) is 0.370. The minimum Gasteiger partial charge on any atom is -0.397 e. The number of carbonyl (C=O) groups is 3. The molecule has 6 rings (SSSR count). The number of urea groups is 1. The maximum atomic E-state index is 14.0. The smallest absolute Gasteiger partial charge is 0.322 e. The van der Waals surface area contributed by atoms with Gasteiger partial charge in [0.05, 0.1) is 16.6 Å². The molecule has 0 saturated carbocycles. The van der Waals surface area contributed by atoms with Crippen LogP contribution in [-0.4, -0.2) is 82.8 Å². The van der Waals surface area contributed by atoms with Crippen LogP contribution in [0.15, 0.2) is 60.9 Å². The fourth-order valence-corrected chi connectivity index (χ4v) is 7.05. The fraction of sp³-hybridized carbons (Fsp3) is 0.412. The number of likely N-dealkylation sites (tertiary alicyclic amines) is 1. The van der Waals surface area contributed by atoms with Crippen molar-refractivity contribution in [2.24, 2.45) is 5.92 Å². The highest BCUT2D eigenvalue weighted by molar-refractivity contribution is 6.33. The van der Waals surface area contributed by atoms with Crippen molar-refractivity contribution in [3.05, 3.63) is 82.6 Å². The Morgan fingerprint density at radius 1 is 1.00 bits per heavy atom. The van der Waals surface area contributed by atoms with Gasteiger partial charge in [0.2, 0.25) is 11.8 Å². The molecule has 11 heteroatoms. The average molecular weight is 630 g/mol. The number of pyridine rings is 1. The van der Waals surface area contributed by atoms with Gasteiger partial charge in [-0.1, -0.05) is 35.9 Å². The van der Waals surface area contributed by atoms with Crippen LogP contribution in [0, 0.1) is 12.8 Å². The van der Waals surface area contributed by atoms with Crippen molar-refractivity contribution < 1.29 is 14.4 Å². The molecule has 4 amide bonds. The first-order chi connectivity index (χ1) is 21.8. The number of carbonyl (C=O) groups excluding carboxylic acids is 3. The van der Waals surface area contributed by atoms with E-state index in [4.69, 9.17) is 17.3 Å². The van der Waals surface area contributed by atoms with Crippen molar-refractivity contribution in [1.82, 2.24) is 19.7 Å². The lowest BCUT2D eigenvalue weighted by Gasteiger charge is -2.41. The number of fused-ring (bicyclic) bond motifs is 1. The summed E-state index contributed by atoms with van der Waals surface area (Å²) in [7, 11) is 0. The standard InChI is InChI=1S/C34H40ClN7O3/c1-23-18-24(20-29(35)32(23)36)19-26(33(44)41-16-14-39(15-17-41)27-6-10-37-11-7-27)21-31(43)40-12-8-28(9-13-40)42-22-25-4-2-3-5-30(25)38-34(42)45/h2-7,10-11,18,20,26,28H,8-9,12-17,19,21-22,36H2,1H3,(H,38,45)/t26-/m0/s1. The highest BCUT2D eigenvalue weighted by atomic mass is 35.5. The molecule has 10 nitrogen and oxygen atoms in total. The summed E-state index contributed by atoms with van der Waals surface area (Å²) in [6, 6.07) is 15.5. The van der Waals surface area contributed by atoms with Gasteiger partial charge in [0.25, 0.3) is 0 Å². The number of benzene rings is 2. The summed E-state index contributed by atoms with van der Waals surface area (Å²) >= 11 is 6.41. The molecule has 2 aromatic carbocycles. The molecule has 3 N–H and O–H groups in total. The molecule has 0 bridgehead atoms. The van der Waals surface area contributed by atoms with Crippen molar-refractivity contribution in [3.63, 3.8) is 0 Å². The largest absolute Gasteiger partial charge is 0.397 e. The SMILES string of the molecule is Cc1cc(C[C@@H](CC(=O)N2CCC(N3Cc4ccccc4NC3=O)CC2)C(=O)N2CCN(c3ccncc3)CC2)cc(Cl)c1N. The topological polar surface area (TPSA) is 115 Å². The van der Waals surface area contributed by atoms with Crippen LogP contribution in [0.4, 0.5) is 21.9 Å². The molecule has 1 atom stereocenters. The number of aryl methyl sites for hydroxylation is 1. The van der Waals surface area contributed by atoms with Gasteiger partial charge in [-0.15, -0.1) is 0 Å². The van der Waals surface area contributed by atoms with Gasteiger partial charge in [0.15, 0.2) is 0 Å². The second-order valence-electron chi connectivity index (χ2n) is 12.3. The zero-order chi connectivity index (χ0) is 31.5. The Kier molecular flexibility index (Phi) is 9.11. The van der Waals surface area contributed by atoms with Crippen LogP contribution in [0.2, 0.25) is 5.02 Å². The molecule has 0 spiro atoms. The van der Waals surface area contributed by atoms with Crippen LogP contribution in [-0.2, 0) is 22.6 Å². The van der Waals surface area contributed by atoms with Crippen LogP contribution in [0.1, 0.15) is 36.0 Å². The maximum absolute atomic E-state index is 14.0. The molecule has 0 aliphatic carbocycles. The highest BCUT2D eigenvalue weighted by Gasteiger charge is 2.35. The molecule has 0 radical (unpaired) electrons. The van der Waals surface area contributed by atoms with E-state index in [9.17, 15) is 14.4 Å². The second kappa shape index (κ2) is 13.4. The van der Waals surface area contributed by atoms with Gasteiger partial charge in [-0.25, -0.2) is 4.79 Å². The van der Waals surface area contributed by atoms with Crippen LogP contribution >= 0.6 is 11.6 Å². The molecule has 0 unspecified atom stereocenters. The molecular formula is C34H40ClN7O3. The molecule has 45 heavy (non-hydrogen) atoms. The van der Waals surface area contributed by atoms with E-state index in [1.165, 1.54) is 0 Å². The van der Waals surface area contributed by atoms with Gasteiger partial charge in [-0.3, -0.25) is 14.6 Å². The van der Waals surface area contributed by atoms with E-state index in [-0.39, 0.29) is 30.3 Å². The predicted molar refractivity (Wildman–Crippen MR) is 176 cm³/mol. The zero-order valence-electron chi connectivity index (χ0n) is 25.6. The first-order valence-electron chi connectivity index (χ1n) is 15.7. The average Bonchev–Trinajstić information content (AvgIpc) is 3.06. The highest BCUT2D eigenvalue weighted by Crippen LogP contribution is 2.30. The number of para-hydroxylation sites is 1. The summed E-state index contributed by atoms with van der Waals surface area (Å²) in [5, 5.41) is 3.46. The summed E-state index contributed by atoms with van der Waals surface area (Å²) in [5.41, 5.74) is 11.4. The number of aromatic nitrogens is 1. The number of piperidine rings is 1. The van der Waals surface area contributed by atoms with Gasteiger partial charge in [-0.2, -0.15) is 0 Å². The number of anilines is 3. The number of nitrogens with one attached hydrogen (secondary N) is 1. The van der Waals surface area contributed by atoms with E-state index >= 15 is 0 Å². The van der Waals surface area contributed by atoms with Crippen molar-refractivity contribution in [2.45, 2.75) is 45.2 Å². The number of piperazine rings is 1. The van der Waals surface area contributed by atoms with Crippen molar-refractivity contribution in [3.8, 4) is 0 Å². The van der Waals surface area contributed by atoms with Gasteiger partial charge < -0.3 is 30.7 Å². The number of halogens is 1. The summed E-state index contributed by atoms with van der Waals surface area (Å²) in [5.74, 6) is -0.568. The van der Waals surface area contributed by atoms with E-state index in [2.05, 4.69) is 15.2 Å². The first-order valence-corrected chi connectivity index (χ1v) is 16.1. The monoisotopic (exact) mass is 629 g/mol. The number of rotatable bonds is 7. The minimum atomic E-state index is -0.522. The lowest BCUT2D eigenvalue weighted by Crippen LogP contribution is -2.52. The molecule has 2 saturated heterocycles. The third-order valence-electron chi connectivity index (χ3n) is 9.39. The third-order valence-corrected chi connectivity index (χ3v) is 9.70. The molecule has 236 valence electrons. The van der Waals surface area contributed by atoms with Crippen molar-refractivity contribution >= 4 is 46.5 Å². The zero-order valence-corrected chi connectivity index (χ0v) is 26.4. The van der Waals surface area contributed by atoms with Crippen molar-refractivity contribution in [2.75, 3.05) is 55.2 Å². The lowest BCUT2D eigenvalue weighted by molar-refractivity contribution is -0.142. The summed E-state index contributed by atoms with van der Waals surface area (Å²) in [6.07, 6.45) is 5.47. The molecule has 3 aliphatic heterocycles. The third kappa shape index (κ3) is 6.86. The van der Waals surface area contributed by atoms with Gasteiger partial charge in [0, 0.05) is 82.0 Å². The van der Waals surface area contributed by atoms with E-state index in [1.54, 1.807) is 12.4 Å². The van der Waals surface area contributed by atoms with Crippen LogP contribution in [0.5, 0.6) is 0 Å². The number of nitrogen functional groups attached to an aromatic ring is 1. The summed E-state index contributed by atoms with van der Waals surface area (Å²) in [6.45, 7) is 6.15. The maximum Gasteiger partial charge on any atom is 0.322 e. The molecule has 4 heterocycles. The molecule has 3 aromatic rings. The van der Waals surface area contributed by atoms with Gasteiger partial charge in [-0.05, 0) is 67.1 Å². The van der Waals surface area contributed by atoms with E-state index < -0.39 is 5.92 Å². The van der Waals surface area contributed by atoms with E-state index in [1.807, 2.05) is 70.2 Å². The Morgan fingerprint density at radius 3 is 2.42 bits per heavy atom. The molecular weight excluding hydrogens is 590 g/mol. The Labute approximate surface area is 269 Å². The first kappa shape index (κ1) is 30.7. The Balaban J connectivity index is 1.11. The molecule has 1 aromatic heterocycles. The normalized spacial score (nSPS) is 18.0. The summed E-state index contributed by atoms with van der Waals surface area (Å²) in [4.78, 5) is 52.6. The van der Waals surface area contributed by atoms with Crippen LogP contribution in [0.3, 0.4) is 0 Å². The number of nitrogens with two attached hydrogens (primary N) is 1. The fourth-order valence-electron chi connectivity index (χ4n) is 6.76. The predicted octanol–water partition coefficient (Wildman–Crippen LogP) is 4.56. The van der Waals surface area contributed by atoms with Gasteiger partial charge >= 0.3 is 6.03 Å². The van der Waals surface area contributed by atoms with Gasteiger partial charge in [0.1, 0.15) is 0 Å². The Morgan fingerprint density at radius 2 is 1.71 bits per heavy atom. The lowest BCUT2D eigenvalue weighted by atomic mass is 9.92. The summed E-state index contributed by atoms with van der Waals surface area (Å²) < 4.78 is 0. The number of nitrogens with zero attached hydrogens (tertiary/aromatic N) is 5. The molecule has 3 aliphatic rings. The number of amides is 4. The Bertz CT molecular complexity index is 1530. The van der Waals surface area contributed by atoms with Crippen LogP contribution < -0.4 is 16.0 Å². The van der Waals surface area contributed by atoms with E-state index in [0.29, 0.717) is 75.8 Å². The Hall–Kier alpha value is -4.31. The molecule has 2 fully saturated rings.